The zero-order valence-corrected chi connectivity index (χ0v) is 13.7. The Hall–Kier alpha value is -3.03. The number of nitrogens with zero attached hydrogens (tertiary/aromatic N) is 1. The molecule has 0 bridgehead atoms. The molecule has 0 aliphatic heterocycles. The van der Waals surface area contributed by atoms with Crippen LogP contribution in [0.15, 0.2) is 65.8 Å². The quantitative estimate of drug-likeness (QED) is 0.450. The maximum Gasteiger partial charge on any atom is 0.405 e. The first-order valence-electron chi connectivity index (χ1n) is 7.75. The van der Waals surface area contributed by atoms with Crippen molar-refractivity contribution in [3.8, 4) is 0 Å². The molecule has 8 heteroatoms. The molecule has 2 aromatic carbocycles. The molecular formula is C18H18F3N3O2. The minimum atomic E-state index is -4.48. The average molecular weight is 365 g/mol. The molecule has 0 saturated carbocycles. The summed E-state index contributed by atoms with van der Waals surface area (Å²) in [5.74, 6) is -1.25. The number of nitrogens with two attached hydrogens (primary N) is 1. The molecule has 5 nitrogen and oxygen atoms in total. The second kappa shape index (κ2) is 8.89. The van der Waals surface area contributed by atoms with E-state index in [1.54, 1.807) is 5.32 Å². The number of halogens is 3. The molecule has 0 aliphatic carbocycles. The molecule has 0 heterocycles. The van der Waals surface area contributed by atoms with Crippen molar-refractivity contribution in [2.75, 3.05) is 13.2 Å². The average Bonchev–Trinajstić information content (AvgIpc) is 2.61. The predicted octanol–water partition coefficient (Wildman–Crippen LogP) is 2.79. The molecule has 0 spiro atoms. The smallest absolute Gasteiger partial charge is 0.384 e. The van der Waals surface area contributed by atoms with Gasteiger partial charge in [-0.15, -0.1) is 0 Å². The zero-order valence-electron chi connectivity index (χ0n) is 13.7. The van der Waals surface area contributed by atoms with Crippen molar-refractivity contribution in [2.24, 2.45) is 10.9 Å². The molecule has 0 aliphatic rings. The molecule has 3 N–H and O–H groups in total. The van der Waals surface area contributed by atoms with Crippen molar-refractivity contribution >= 4 is 11.7 Å². The van der Waals surface area contributed by atoms with Crippen LogP contribution < -0.4 is 11.1 Å². The van der Waals surface area contributed by atoms with Gasteiger partial charge in [-0.1, -0.05) is 65.8 Å². The predicted molar refractivity (Wildman–Crippen MR) is 91.4 cm³/mol. The van der Waals surface area contributed by atoms with Crippen LogP contribution in [0.25, 0.3) is 0 Å². The van der Waals surface area contributed by atoms with Gasteiger partial charge in [0.1, 0.15) is 6.54 Å². The fraction of sp³-hybridized carbons (Fsp3) is 0.222. The number of carbonyl (C=O) groups is 1. The van der Waals surface area contributed by atoms with Crippen molar-refractivity contribution in [3.05, 3.63) is 71.8 Å². The second-order valence-electron chi connectivity index (χ2n) is 5.44. The Labute approximate surface area is 148 Å². The number of rotatable bonds is 7. The van der Waals surface area contributed by atoms with Gasteiger partial charge in [-0.05, 0) is 11.1 Å². The van der Waals surface area contributed by atoms with Crippen LogP contribution in [0.4, 0.5) is 13.2 Å². The van der Waals surface area contributed by atoms with Gasteiger partial charge in [-0.25, -0.2) is 0 Å². The maximum atomic E-state index is 12.0. The lowest BCUT2D eigenvalue weighted by molar-refractivity contribution is -0.141. The van der Waals surface area contributed by atoms with Gasteiger partial charge in [0.2, 0.25) is 0 Å². The zero-order chi connectivity index (χ0) is 19.0. The number of nitrogens with one attached hydrogen (secondary N) is 1. The lowest BCUT2D eigenvalue weighted by atomic mass is 9.90. The summed E-state index contributed by atoms with van der Waals surface area (Å²) in [6.45, 7) is -2.09. The van der Waals surface area contributed by atoms with Gasteiger partial charge in [-0.3, -0.25) is 4.79 Å². The van der Waals surface area contributed by atoms with Gasteiger partial charge in [0.25, 0.3) is 5.91 Å². The Balaban J connectivity index is 2.06. The van der Waals surface area contributed by atoms with E-state index in [9.17, 15) is 18.0 Å². The Morgan fingerprint density at radius 2 is 1.54 bits per heavy atom. The monoisotopic (exact) mass is 365 g/mol. The summed E-state index contributed by atoms with van der Waals surface area (Å²) in [7, 11) is 0. The molecule has 0 saturated heterocycles. The van der Waals surface area contributed by atoms with Crippen molar-refractivity contribution in [1.82, 2.24) is 5.32 Å². The van der Waals surface area contributed by atoms with Crippen LogP contribution in [0.2, 0.25) is 0 Å². The van der Waals surface area contributed by atoms with Crippen molar-refractivity contribution in [2.45, 2.75) is 12.1 Å². The lowest BCUT2D eigenvalue weighted by Gasteiger charge is -2.17. The summed E-state index contributed by atoms with van der Waals surface area (Å²) in [5, 5.41) is 5.40. The van der Waals surface area contributed by atoms with E-state index in [1.807, 2.05) is 60.7 Å². The van der Waals surface area contributed by atoms with Crippen LogP contribution >= 0.6 is 0 Å². The number of amidine groups is 1. The Morgan fingerprint density at radius 1 is 1.04 bits per heavy atom. The molecule has 2 aromatic rings. The molecule has 26 heavy (non-hydrogen) atoms. The number of hydrogen-bond donors (Lipinski definition) is 2. The SMILES string of the molecule is N/C(=N/OCC(=O)NCC(F)(F)F)C(c1ccccc1)c1ccccc1. The third-order valence-corrected chi connectivity index (χ3v) is 3.41. The Kier molecular flexibility index (Phi) is 6.60. The van der Waals surface area contributed by atoms with Crippen molar-refractivity contribution in [3.63, 3.8) is 0 Å². The summed E-state index contributed by atoms with van der Waals surface area (Å²) in [4.78, 5) is 16.2. The highest BCUT2D eigenvalue weighted by atomic mass is 19.4. The number of alkyl halides is 3. The second-order valence-corrected chi connectivity index (χ2v) is 5.44. The van der Waals surface area contributed by atoms with E-state index in [-0.39, 0.29) is 5.84 Å². The Morgan fingerprint density at radius 3 is 2.00 bits per heavy atom. The highest BCUT2D eigenvalue weighted by Gasteiger charge is 2.27. The van der Waals surface area contributed by atoms with E-state index < -0.39 is 31.2 Å². The summed E-state index contributed by atoms with van der Waals surface area (Å²) >= 11 is 0. The van der Waals surface area contributed by atoms with Gasteiger partial charge in [0.15, 0.2) is 12.4 Å². The minimum absolute atomic E-state index is 0.0889. The topological polar surface area (TPSA) is 76.7 Å². The van der Waals surface area contributed by atoms with Crippen molar-refractivity contribution < 1.29 is 22.8 Å². The summed E-state index contributed by atoms with van der Waals surface area (Å²) in [6.07, 6.45) is -4.48. The molecule has 2 rings (SSSR count). The standard InChI is InChI=1S/C18H18F3N3O2/c19-18(20,21)12-23-15(25)11-26-24-17(22)16(13-7-3-1-4-8-13)14-9-5-2-6-10-14/h1-10,16H,11-12H2,(H2,22,24)(H,23,25). The van der Waals surface area contributed by atoms with Gasteiger partial charge in [0, 0.05) is 0 Å². The molecule has 0 fully saturated rings. The number of carbonyl (C=O) groups excluding carboxylic acids is 1. The van der Waals surface area contributed by atoms with Crippen molar-refractivity contribution in [1.29, 1.82) is 0 Å². The first-order valence-corrected chi connectivity index (χ1v) is 7.75. The molecule has 0 unspecified atom stereocenters. The van der Waals surface area contributed by atoms with E-state index in [0.29, 0.717) is 0 Å². The van der Waals surface area contributed by atoms with Gasteiger partial charge >= 0.3 is 6.18 Å². The number of oxime groups is 1. The summed E-state index contributed by atoms with van der Waals surface area (Å²) < 4.78 is 36.1. The summed E-state index contributed by atoms with van der Waals surface area (Å²) in [6, 6.07) is 18.6. The Bertz CT molecular complexity index is 695. The van der Waals surface area contributed by atoms with Crippen LogP contribution in [0.1, 0.15) is 17.0 Å². The van der Waals surface area contributed by atoms with E-state index in [0.717, 1.165) is 11.1 Å². The highest BCUT2D eigenvalue weighted by molar-refractivity contribution is 5.90. The number of amides is 1. The van der Waals surface area contributed by atoms with Gasteiger partial charge in [-0.2, -0.15) is 13.2 Å². The first kappa shape index (κ1) is 19.3. The third kappa shape index (κ3) is 6.12. The maximum absolute atomic E-state index is 12.0. The fourth-order valence-corrected chi connectivity index (χ4v) is 2.29. The fourth-order valence-electron chi connectivity index (χ4n) is 2.29. The molecule has 0 radical (unpaired) electrons. The van der Waals surface area contributed by atoms with Gasteiger partial charge in [0.05, 0.1) is 5.92 Å². The van der Waals surface area contributed by atoms with Crippen LogP contribution in [-0.2, 0) is 9.63 Å². The van der Waals surface area contributed by atoms with Crippen LogP contribution in [0.5, 0.6) is 0 Å². The first-order chi connectivity index (χ1) is 12.4. The third-order valence-electron chi connectivity index (χ3n) is 3.41. The van der Waals surface area contributed by atoms with E-state index >= 15 is 0 Å². The molecule has 0 atom stereocenters. The molecule has 1 amide bonds. The van der Waals surface area contributed by atoms with Crippen LogP contribution in [0, 0.1) is 0 Å². The van der Waals surface area contributed by atoms with Crippen LogP contribution in [0.3, 0.4) is 0 Å². The van der Waals surface area contributed by atoms with Crippen LogP contribution in [-0.4, -0.2) is 31.1 Å². The molecule has 138 valence electrons. The number of benzene rings is 2. The lowest BCUT2D eigenvalue weighted by Crippen LogP contribution is -2.35. The largest absolute Gasteiger partial charge is 0.405 e. The molecule has 0 aromatic heterocycles. The molecular weight excluding hydrogens is 347 g/mol. The van der Waals surface area contributed by atoms with E-state index in [4.69, 9.17) is 10.6 Å². The summed E-state index contributed by atoms with van der Waals surface area (Å²) in [5.41, 5.74) is 7.76. The van der Waals surface area contributed by atoms with E-state index in [2.05, 4.69) is 5.16 Å². The van der Waals surface area contributed by atoms with E-state index in [1.165, 1.54) is 0 Å². The van der Waals surface area contributed by atoms with Gasteiger partial charge < -0.3 is 15.9 Å². The number of hydrogen-bond acceptors (Lipinski definition) is 3. The highest BCUT2D eigenvalue weighted by Crippen LogP contribution is 2.24. The normalized spacial score (nSPS) is 12.1. The minimum Gasteiger partial charge on any atom is -0.384 e.